The summed E-state index contributed by atoms with van der Waals surface area (Å²) >= 11 is 2.15. The van der Waals surface area contributed by atoms with Gasteiger partial charge in [-0.2, -0.15) is 11.8 Å². The van der Waals surface area contributed by atoms with Gasteiger partial charge in [0.15, 0.2) is 0 Å². The lowest BCUT2D eigenvalue weighted by Crippen LogP contribution is -2.56. The molecule has 0 radical (unpaired) electrons. The van der Waals surface area contributed by atoms with Gasteiger partial charge in [0.2, 0.25) is 0 Å². The highest BCUT2D eigenvalue weighted by Crippen LogP contribution is 2.29. The van der Waals surface area contributed by atoms with Crippen molar-refractivity contribution in [1.82, 2.24) is 5.32 Å². The van der Waals surface area contributed by atoms with E-state index in [1.807, 2.05) is 0 Å². The molecule has 2 heterocycles. The maximum absolute atomic E-state index is 3.43. The molecular weight excluding hydrogens is 118 g/mol. The Kier molecular flexibility index (Phi) is 1.23. The van der Waals surface area contributed by atoms with Crippen molar-refractivity contribution in [3.05, 3.63) is 0 Å². The Morgan fingerprint density at radius 3 is 2.88 bits per heavy atom. The third-order valence-corrected chi connectivity index (χ3v) is 3.47. The number of hydrogen-bond acceptors (Lipinski definition) is 2. The SMILES string of the molecule is C1CSC2CNC2C1. The molecule has 2 atom stereocenters. The summed E-state index contributed by atoms with van der Waals surface area (Å²) in [6.07, 6.45) is 2.86. The van der Waals surface area contributed by atoms with Crippen molar-refractivity contribution in [1.29, 1.82) is 0 Å². The van der Waals surface area contributed by atoms with Gasteiger partial charge in [0.25, 0.3) is 0 Å². The zero-order valence-electron chi connectivity index (χ0n) is 4.89. The highest BCUT2D eigenvalue weighted by Gasteiger charge is 2.32. The summed E-state index contributed by atoms with van der Waals surface area (Å²) < 4.78 is 0. The van der Waals surface area contributed by atoms with E-state index in [-0.39, 0.29) is 0 Å². The molecule has 1 nitrogen and oxygen atoms in total. The fourth-order valence-electron chi connectivity index (χ4n) is 1.38. The predicted octanol–water partition coefficient (Wildman–Crippen LogP) is 0.854. The molecule has 0 spiro atoms. The largest absolute Gasteiger partial charge is 0.312 e. The lowest BCUT2D eigenvalue weighted by atomic mass is 10.0. The first kappa shape index (κ1) is 5.12. The van der Waals surface area contributed by atoms with Crippen LogP contribution < -0.4 is 5.32 Å². The van der Waals surface area contributed by atoms with Gasteiger partial charge in [-0.25, -0.2) is 0 Å². The smallest absolute Gasteiger partial charge is 0.0326 e. The molecule has 2 aliphatic heterocycles. The van der Waals surface area contributed by atoms with Crippen molar-refractivity contribution in [2.24, 2.45) is 0 Å². The second kappa shape index (κ2) is 1.92. The Labute approximate surface area is 54.2 Å². The fourth-order valence-corrected chi connectivity index (χ4v) is 2.70. The van der Waals surface area contributed by atoms with Gasteiger partial charge in [-0.05, 0) is 18.6 Å². The minimum absolute atomic E-state index is 0.897. The molecule has 8 heavy (non-hydrogen) atoms. The monoisotopic (exact) mass is 129 g/mol. The molecule has 0 aromatic heterocycles. The van der Waals surface area contributed by atoms with Crippen molar-refractivity contribution >= 4 is 11.8 Å². The Morgan fingerprint density at radius 2 is 2.50 bits per heavy atom. The summed E-state index contributed by atoms with van der Waals surface area (Å²) in [5, 5.41) is 4.42. The minimum Gasteiger partial charge on any atom is -0.312 e. The van der Waals surface area contributed by atoms with Crippen LogP contribution in [0.4, 0.5) is 0 Å². The van der Waals surface area contributed by atoms with Crippen LogP contribution in [-0.4, -0.2) is 23.6 Å². The Bertz CT molecular complexity index is 82.5. The summed E-state index contributed by atoms with van der Waals surface area (Å²) in [5.74, 6) is 1.41. The second-order valence-corrected chi connectivity index (χ2v) is 3.91. The van der Waals surface area contributed by atoms with Crippen LogP contribution in [0, 0.1) is 0 Å². The first-order valence-corrected chi connectivity index (χ1v) is 4.37. The van der Waals surface area contributed by atoms with Crippen LogP contribution in [0.25, 0.3) is 0 Å². The molecule has 0 aliphatic carbocycles. The van der Waals surface area contributed by atoms with Crippen LogP contribution in [0.5, 0.6) is 0 Å². The number of rotatable bonds is 0. The third-order valence-electron chi connectivity index (χ3n) is 2.02. The maximum Gasteiger partial charge on any atom is 0.0326 e. The van der Waals surface area contributed by atoms with Crippen LogP contribution in [0.15, 0.2) is 0 Å². The fraction of sp³-hybridized carbons (Fsp3) is 1.00. The Morgan fingerprint density at radius 1 is 1.50 bits per heavy atom. The van der Waals surface area contributed by atoms with E-state index in [1.54, 1.807) is 0 Å². The maximum atomic E-state index is 3.43. The topological polar surface area (TPSA) is 12.0 Å². The molecule has 2 unspecified atom stereocenters. The zero-order chi connectivity index (χ0) is 5.40. The highest BCUT2D eigenvalue weighted by atomic mass is 32.2. The molecule has 0 amide bonds. The van der Waals surface area contributed by atoms with Gasteiger partial charge in [0, 0.05) is 17.8 Å². The lowest BCUT2D eigenvalue weighted by molar-refractivity contribution is 0.353. The van der Waals surface area contributed by atoms with Gasteiger partial charge in [0.05, 0.1) is 0 Å². The van der Waals surface area contributed by atoms with Crippen LogP contribution in [0.2, 0.25) is 0 Å². The van der Waals surface area contributed by atoms with Crippen molar-refractivity contribution in [3.63, 3.8) is 0 Å². The molecule has 1 N–H and O–H groups in total. The molecule has 46 valence electrons. The summed E-state index contributed by atoms with van der Waals surface area (Å²) in [5.41, 5.74) is 0. The van der Waals surface area contributed by atoms with Crippen LogP contribution in [0.1, 0.15) is 12.8 Å². The number of fused-ring (bicyclic) bond motifs is 1. The minimum atomic E-state index is 0.897. The van der Waals surface area contributed by atoms with Crippen molar-refractivity contribution in [3.8, 4) is 0 Å². The molecule has 0 saturated carbocycles. The molecule has 2 fully saturated rings. The van der Waals surface area contributed by atoms with E-state index in [9.17, 15) is 0 Å². The Hall–Kier alpha value is 0.310. The summed E-state index contributed by atoms with van der Waals surface area (Å²) in [6, 6.07) is 0.897. The average molecular weight is 129 g/mol. The van der Waals surface area contributed by atoms with Gasteiger partial charge in [-0.15, -0.1) is 0 Å². The Balaban J connectivity index is 1.92. The van der Waals surface area contributed by atoms with Crippen LogP contribution in [0.3, 0.4) is 0 Å². The van der Waals surface area contributed by atoms with E-state index < -0.39 is 0 Å². The first-order chi connectivity index (χ1) is 3.97. The van der Waals surface area contributed by atoms with E-state index in [0.717, 1.165) is 11.3 Å². The van der Waals surface area contributed by atoms with Gasteiger partial charge in [-0.3, -0.25) is 0 Å². The summed E-state index contributed by atoms with van der Waals surface area (Å²) in [7, 11) is 0. The molecule has 2 aliphatic rings. The van der Waals surface area contributed by atoms with E-state index in [0.29, 0.717) is 0 Å². The third kappa shape index (κ3) is 0.669. The van der Waals surface area contributed by atoms with Crippen molar-refractivity contribution in [2.75, 3.05) is 12.3 Å². The van der Waals surface area contributed by atoms with E-state index in [2.05, 4.69) is 17.1 Å². The molecule has 2 heteroatoms. The first-order valence-electron chi connectivity index (χ1n) is 3.32. The zero-order valence-corrected chi connectivity index (χ0v) is 5.71. The average Bonchev–Trinajstić information content (AvgIpc) is 1.72. The summed E-state index contributed by atoms with van der Waals surface area (Å²) in [4.78, 5) is 0. The van der Waals surface area contributed by atoms with E-state index in [4.69, 9.17) is 0 Å². The molecule has 2 rings (SSSR count). The van der Waals surface area contributed by atoms with Gasteiger partial charge in [-0.1, -0.05) is 0 Å². The molecule has 0 aromatic carbocycles. The normalized spacial score (nSPS) is 45.0. The van der Waals surface area contributed by atoms with Gasteiger partial charge >= 0.3 is 0 Å². The van der Waals surface area contributed by atoms with E-state index in [1.165, 1.54) is 25.1 Å². The number of hydrogen-bond donors (Lipinski definition) is 1. The van der Waals surface area contributed by atoms with Crippen LogP contribution in [-0.2, 0) is 0 Å². The van der Waals surface area contributed by atoms with E-state index >= 15 is 0 Å². The molecule has 0 aromatic rings. The van der Waals surface area contributed by atoms with Crippen molar-refractivity contribution in [2.45, 2.75) is 24.1 Å². The summed E-state index contributed by atoms with van der Waals surface area (Å²) in [6.45, 7) is 1.27. The number of nitrogens with one attached hydrogen (secondary N) is 1. The molecule has 0 bridgehead atoms. The second-order valence-electron chi connectivity index (χ2n) is 2.57. The molecular formula is C6H11NS. The predicted molar refractivity (Wildman–Crippen MR) is 37.3 cm³/mol. The van der Waals surface area contributed by atoms with Gasteiger partial charge in [0.1, 0.15) is 0 Å². The standard InChI is InChI=1S/C6H11NS/c1-2-5-6(4-7-5)8-3-1/h5-7H,1-4H2. The van der Waals surface area contributed by atoms with Crippen molar-refractivity contribution < 1.29 is 0 Å². The molecule has 2 saturated heterocycles. The van der Waals surface area contributed by atoms with Crippen LogP contribution >= 0.6 is 11.8 Å². The highest BCUT2D eigenvalue weighted by molar-refractivity contribution is 8.00. The lowest BCUT2D eigenvalue weighted by Gasteiger charge is -2.41. The van der Waals surface area contributed by atoms with Gasteiger partial charge < -0.3 is 5.32 Å². The quantitative estimate of drug-likeness (QED) is 0.520. The number of thioether (sulfide) groups is 1.